The van der Waals surface area contributed by atoms with Crippen LogP contribution in [0.25, 0.3) is 10.8 Å². The Bertz CT molecular complexity index is 1140. The summed E-state index contributed by atoms with van der Waals surface area (Å²) in [6.45, 7) is 4.20. The number of aliphatic carboxylic acids is 1. The highest BCUT2D eigenvalue weighted by Crippen LogP contribution is 2.15. The molecule has 8 heteroatoms. The number of benzene rings is 2. The third-order valence-electron chi connectivity index (χ3n) is 4.60. The van der Waals surface area contributed by atoms with Gasteiger partial charge in [-0.15, -0.1) is 0 Å². The molecule has 30 heavy (non-hydrogen) atoms. The molecule has 156 valence electrons. The smallest absolute Gasteiger partial charge is 0.326 e. The third-order valence-corrected chi connectivity index (χ3v) is 4.60. The number of carbonyl (C=O) groups is 2. The molecular formula is C22H23N3O5. The standard InChI is InChI=1S/C22H23N3O5/c1-13(2)12-25-21(28)17-6-4-3-5-16(17)19(24-25)20(27)23-18(22(29)30)11-14-7-9-15(26)10-8-14/h3-10,13,18,26H,11-12H2,1-2H3,(H,23,27)(H,29,30). The lowest BCUT2D eigenvalue weighted by Crippen LogP contribution is -2.43. The van der Waals surface area contributed by atoms with Crippen molar-refractivity contribution in [3.8, 4) is 5.75 Å². The van der Waals surface area contributed by atoms with Crippen LogP contribution in [0.2, 0.25) is 0 Å². The Hall–Kier alpha value is -3.68. The quantitative estimate of drug-likeness (QED) is 0.550. The van der Waals surface area contributed by atoms with E-state index >= 15 is 0 Å². The minimum Gasteiger partial charge on any atom is -0.508 e. The Morgan fingerprint density at radius 2 is 1.70 bits per heavy atom. The second kappa shape index (κ2) is 8.77. The molecule has 0 saturated carbocycles. The van der Waals surface area contributed by atoms with Crippen LogP contribution >= 0.6 is 0 Å². The summed E-state index contributed by atoms with van der Waals surface area (Å²) in [6, 6.07) is 11.5. The summed E-state index contributed by atoms with van der Waals surface area (Å²) in [5.41, 5.74) is 0.348. The van der Waals surface area contributed by atoms with E-state index in [0.29, 0.717) is 22.9 Å². The van der Waals surface area contributed by atoms with Crippen molar-refractivity contribution in [3.05, 3.63) is 70.1 Å². The van der Waals surface area contributed by atoms with Crippen molar-refractivity contribution < 1.29 is 19.8 Å². The van der Waals surface area contributed by atoms with Gasteiger partial charge in [0.1, 0.15) is 11.8 Å². The van der Waals surface area contributed by atoms with Gasteiger partial charge >= 0.3 is 5.97 Å². The van der Waals surface area contributed by atoms with E-state index in [1.54, 1.807) is 36.4 Å². The number of rotatable bonds is 7. The molecule has 1 amide bonds. The van der Waals surface area contributed by atoms with Crippen LogP contribution < -0.4 is 10.9 Å². The minimum absolute atomic E-state index is 0.00260. The average molecular weight is 409 g/mol. The fourth-order valence-electron chi connectivity index (χ4n) is 3.17. The molecule has 0 radical (unpaired) electrons. The van der Waals surface area contributed by atoms with E-state index in [4.69, 9.17) is 0 Å². The number of fused-ring (bicyclic) bond motifs is 1. The number of hydrogen-bond donors (Lipinski definition) is 3. The number of nitrogens with one attached hydrogen (secondary N) is 1. The van der Waals surface area contributed by atoms with Gasteiger partial charge in [-0.1, -0.05) is 44.2 Å². The number of carboxylic acids is 1. The van der Waals surface area contributed by atoms with Crippen molar-refractivity contribution in [2.24, 2.45) is 5.92 Å². The number of phenolic OH excluding ortho intramolecular Hbond substituents is 1. The van der Waals surface area contributed by atoms with Crippen LogP contribution in [0.5, 0.6) is 5.75 Å². The summed E-state index contributed by atoms with van der Waals surface area (Å²) < 4.78 is 1.25. The Morgan fingerprint density at radius 3 is 2.30 bits per heavy atom. The molecule has 1 unspecified atom stereocenters. The largest absolute Gasteiger partial charge is 0.508 e. The molecule has 0 aliphatic heterocycles. The van der Waals surface area contributed by atoms with Gasteiger partial charge in [-0.05, 0) is 29.7 Å². The van der Waals surface area contributed by atoms with Crippen molar-refractivity contribution in [1.29, 1.82) is 0 Å². The third kappa shape index (κ3) is 4.65. The Kier molecular flexibility index (Phi) is 6.15. The number of phenols is 1. The average Bonchev–Trinajstić information content (AvgIpc) is 2.70. The van der Waals surface area contributed by atoms with Gasteiger partial charge in [0, 0.05) is 18.4 Å². The number of hydrogen-bond acceptors (Lipinski definition) is 5. The molecule has 3 rings (SSSR count). The number of aromatic hydroxyl groups is 1. The first kappa shape index (κ1) is 21.0. The van der Waals surface area contributed by atoms with Crippen molar-refractivity contribution in [1.82, 2.24) is 15.1 Å². The van der Waals surface area contributed by atoms with E-state index in [0.717, 1.165) is 0 Å². The van der Waals surface area contributed by atoms with Crippen LogP contribution in [0.3, 0.4) is 0 Å². The van der Waals surface area contributed by atoms with E-state index in [-0.39, 0.29) is 29.3 Å². The van der Waals surface area contributed by atoms with Crippen molar-refractivity contribution >= 4 is 22.6 Å². The van der Waals surface area contributed by atoms with Gasteiger partial charge in [0.2, 0.25) is 0 Å². The predicted molar refractivity (Wildman–Crippen MR) is 112 cm³/mol. The summed E-state index contributed by atoms with van der Waals surface area (Å²) in [5, 5.41) is 26.4. The molecule has 1 aromatic heterocycles. The van der Waals surface area contributed by atoms with Gasteiger partial charge in [0.25, 0.3) is 11.5 Å². The molecule has 0 aliphatic carbocycles. The van der Waals surface area contributed by atoms with Crippen LogP contribution in [0.1, 0.15) is 29.9 Å². The normalized spacial score (nSPS) is 12.1. The number of carbonyl (C=O) groups excluding carboxylic acids is 1. The van der Waals surface area contributed by atoms with Gasteiger partial charge in [-0.2, -0.15) is 5.10 Å². The highest BCUT2D eigenvalue weighted by atomic mass is 16.4. The number of amides is 1. The summed E-state index contributed by atoms with van der Waals surface area (Å²) in [5.74, 6) is -1.67. The maximum absolute atomic E-state index is 13.0. The number of carboxylic acid groups (broad SMARTS) is 1. The zero-order valence-corrected chi connectivity index (χ0v) is 16.7. The zero-order valence-electron chi connectivity index (χ0n) is 16.7. The Labute approximate surface area is 172 Å². The lowest BCUT2D eigenvalue weighted by atomic mass is 10.0. The first-order chi connectivity index (χ1) is 14.3. The molecule has 0 aliphatic rings. The molecule has 1 atom stereocenters. The van der Waals surface area contributed by atoms with Crippen LogP contribution in [0, 0.1) is 5.92 Å². The predicted octanol–water partition coefficient (Wildman–Crippen LogP) is 2.18. The summed E-state index contributed by atoms with van der Waals surface area (Å²) in [7, 11) is 0. The fourth-order valence-corrected chi connectivity index (χ4v) is 3.17. The SMILES string of the molecule is CC(C)Cn1nc(C(=O)NC(Cc2ccc(O)cc2)C(=O)O)c2ccccc2c1=O. The lowest BCUT2D eigenvalue weighted by Gasteiger charge is -2.16. The van der Waals surface area contributed by atoms with Crippen molar-refractivity contribution in [2.45, 2.75) is 32.9 Å². The topological polar surface area (TPSA) is 122 Å². The van der Waals surface area contributed by atoms with E-state index in [9.17, 15) is 24.6 Å². The molecule has 0 bridgehead atoms. The van der Waals surface area contributed by atoms with Gasteiger partial charge in [0.15, 0.2) is 5.69 Å². The molecule has 3 N–H and O–H groups in total. The zero-order chi connectivity index (χ0) is 21.8. The van der Waals surface area contributed by atoms with Gasteiger partial charge in [-0.3, -0.25) is 9.59 Å². The van der Waals surface area contributed by atoms with E-state index in [1.807, 2.05) is 13.8 Å². The molecule has 0 saturated heterocycles. The monoisotopic (exact) mass is 409 g/mol. The van der Waals surface area contributed by atoms with E-state index < -0.39 is 17.9 Å². The summed E-state index contributed by atoms with van der Waals surface area (Å²) in [6.07, 6.45) is 0.0327. The minimum atomic E-state index is -1.20. The first-order valence-electron chi connectivity index (χ1n) is 9.57. The number of aromatic nitrogens is 2. The van der Waals surface area contributed by atoms with Crippen LogP contribution in [-0.2, 0) is 17.8 Å². The molecule has 0 spiro atoms. The van der Waals surface area contributed by atoms with E-state index in [1.165, 1.54) is 16.8 Å². The summed E-state index contributed by atoms with van der Waals surface area (Å²) >= 11 is 0. The fraction of sp³-hybridized carbons (Fsp3) is 0.273. The maximum atomic E-state index is 13.0. The van der Waals surface area contributed by atoms with Crippen LogP contribution in [0.4, 0.5) is 0 Å². The van der Waals surface area contributed by atoms with Crippen LogP contribution in [0.15, 0.2) is 53.3 Å². The lowest BCUT2D eigenvalue weighted by molar-refractivity contribution is -0.139. The number of nitrogens with zero attached hydrogens (tertiary/aromatic N) is 2. The van der Waals surface area contributed by atoms with Gasteiger partial charge in [-0.25, -0.2) is 9.48 Å². The Morgan fingerprint density at radius 1 is 1.07 bits per heavy atom. The molecule has 3 aromatic rings. The summed E-state index contributed by atoms with van der Waals surface area (Å²) in [4.78, 5) is 37.4. The van der Waals surface area contributed by atoms with Crippen LogP contribution in [-0.4, -0.2) is 37.9 Å². The van der Waals surface area contributed by atoms with Crippen molar-refractivity contribution in [2.75, 3.05) is 0 Å². The second-order valence-corrected chi connectivity index (χ2v) is 7.51. The molecular weight excluding hydrogens is 386 g/mol. The van der Waals surface area contributed by atoms with Crippen molar-refractivity contribution in [3.63, 3.8) is 0 Å². The molecule has 8 nitrogen and oxygen atoms in total. The molecule has 2 aromatic carbocycles. The Balaban J connectivity index is 1.96. The highest BCUT2D eigenvalue weighted by Gasteiger charge is 2.24. The van der Waals surface area contributed by atoms with Gasteiger partial charge < -0.3 is 15.5 Å². The molecule has 0 fully saturated rings. The molecule has 1 heterocycles. The first-order valence-corrected chi connectivity index (χ1v) is 9.57. The second-order valence-electron chi connectivity index (χ2n) is 7.51. The van der Waals surface area contributed by atoms with E-state index in [2.05, 4.69) is 10.4 Å². The van der Waals surface area contributed by atoms with Gasteiger partial charge in [0.05, 0.1) is 5.39 Å². The highest BCUT2D eigenvalue weighted by molar-refractivity contribution is 6.05. The maximum Gasteiger partial charge on any atom is 0.326 e.